The summed E-state index contributed by atoms with van der Waals surface area (Å²) in [6.07, 6.45) is 29.3. The first-order chi connectivity index (χ1) is 24.2. The molecule has 0 aromatic heterocycles. The second kappa shape index (κ2) is 68.2. The van der Waals surface area contributed by atoms with Gasteiger partial charge in [-0.25, -0.2) is 0 Å². The van der Waals surface area contributed by atoms with Crippen LogP contribution in [-0.4, -0.2) is 81.8 Å². The molecule has 3 atom stereocenters. The van der Waals surface area contributed by atoms with Gasteiger partial charge in [0.15, 0.2) is 0 Å². The van der Waals surface area contributed by atoms with E-state index in [9.17, 15) is 0 Å². The zero-order valence-electron chi connectivity index (χ0n) is 33.9. The minimum absolute atomic E-state index is 0. The Bertz CT molecular complexity index is 612. The fraction of sp³-hybridized carbons (Fsp3) is 0.733. The minimum atomic E-state index is 0. The molecule has 0 radical (unpaired) electrons. The van der Waals surface area contributed by atoms with E-state index in [0.29, 0.717) is 18.3 Å². The summed E-state index contributed by atoms with van der Waals surface area (Å²) in [7, 11) is 13.3. The Morgan fingerprint density at radius 1 is 0.426 bits per heavy atom. The summed E-state index contributed by atoms with van der Waals surface area (Å²) < 4.78 is 41.9. The first kappa shape index (κ1) is 72.4. The van der Waals surface area contributed by atoms with E-state index in [4.69, 9.17) is 14.2 Å². The van der Waals surface area contributed by atoms with Gasteiger partial charge in [0.05, 0.1) is 98.0 Å². The van der Waals surface area contributed by atoms with Gasteiger partial charge in [-0.05, 0) is 70.1 Å². The summed E-state index contributed by atoms with van der Waals surface area (Å²) in [5, 5.41) is 0. The van der Waals surface area contributed by atoms with E-state index in [-0.39, 0.29) is 29.7 Å². The number of hydrogen-bond acceptors (Lipinski definition) is 9. The quantitative estimate of drug-likeness (QED) is 0.201. The molecule has 0 heterocycles. The van der Waals surface area contributed by atoms with Crippen LogP contribution < -0.4 is 0 Å². The van der Waals surface area contributed by atoms with Crippen LogP contribution in [0.2, 0.25) is 0 Å². The lowest BCUT2D eigenvalue weighted by Crippen LogP contribution is -2.18. The highest BCUT2D eigenvalue weighted by atomic mass is 16.5. The fourth-order valence-corrected chi connectivity index (χ4v) is 5.19. The van der Waals surface area contributed by atoms with Gasteiger partial charge < -0.3 is 42.6 Å². The van der Waals surface area contributed by atoms with E-state index >= 15 is 0 Å². The van der Waals surface area contributed by atoms with Crippen LogP contribution in [0.4, 0.5) is 0 Å². The summed E-state index contributed by atoms with van der Waals surface area (Å²) >= 11 is 0. The number of ether oxygens (including phenoxy) is 9. The molecular weight excluding hydrogens is 684 g/mol. The Balaban J connectivity index is -0.0000000612. The highest BCUT2D eigenvalue weighted by molar-refractivity contribution is 4.90. The molecular formula is C45H96O9. The Morgan fingerprint density at radius 3 is 0.852 bits per heavy atom. The molecule has 54 heavy (non-hydrogen) atoms. The van der Waals surface area contributed by atoms with Crippen LogP contribution in [0.25, 0.3) is 0 Å². The van der Waals surface area contributed by atoms with Crippen molar-refractivity contribution in [1.82, 2.24) is 0 Å². The van der Waals surface area contributed by atoms with Gasteiger partial charge in [0.25, 0.3) is 0 Å². The van der Waals surface area contributed by atoms with Gasteiger partial charge >= 0.3 is 0 Å². The van der Waals surface area contributed by atoms with Crippen LogP contribution in [0, 0.1) is 11.8 Å². The molecule has 0 aromatic carbocycles. The average Bonchev–Trinajstić information content (AvgIpc) is 3.84. The third-order valence-electron chi connectivity index (χ3n) is 7.86. The van der Waals surface area contributed by atoms with Crippen molar-refractivity contribution < 1.29 is 42.6 Å². The standard InChI is InChI=1S/C8H14O.2C7H14O.C4H8O.5C3H6O.4CH4/c1-9-8-5-6-2-3-7(8)4-6;2*1-8-7-5-3-2-4-6-7;1-3-5-4-2;5*1-3-4-2;;;;/h6-8H,2-5H2,1H3;2*7H,2-6H2,1H3;3H,1,4H2,2H3;5*3H,1H2,2H3;4*1H4. The Kier molecular flexibility index (Phi) is 91.4. The van der Waals surface area contributed by atoms with Crippen LogP contribution in [0.1, 0.15) is 127 Å². The van der Waals surface area contributed by atoms with Crippen LogP contribution in [0.5, 0.6) is 0 Å². The lowest BCUT2D eigenvalue weighted by molar-refractivity contribution is 0.0572. The van der Waals surface area contributed by atoms with Crippen molar-refractivity contribution in [2.75, 3.05) is 63.5 Å². The Morgan fingerprint density at radius 2 is 0.741 bits per heavy atom. The van der Waals surface area contributed by atoms with Gasteiger partial charge in [0.2, 0.25) is 0 Å². The highest BCUT2D eigenvalue weighted by Gasteiger charge is 2.39. The van der Waals surface area contributed by atoms with Gasteiger partial charge in [-0.2, -0.15) is 0 Å². The molecule has 9 nitrogen and oxygen atoms in total. The molecule has 0 N–H and O–H groups in total. The maximum atomic E-state index is 5.35. The van der Waals surface area contributed by atoms with Gasteiger partial charge in [0.1, 0.15) is 0 Å². The number of fused-ring (bicyclic) bond motifs is 2. The van der Waals surface area contributed by atoms with Crippen LogP contribution in [0.15, 0.2) is 77.0 Å². The maximum absolute atomic E-state index is 5.35. The van der Waals surface area contributed by atoms with Crippen molar-refractivity contribution in [3.63, 3.8) is 0 Å². The molecule has 4 aliphatic rings. The molecule has 2 bridgehead atoms. The third-order valence-corrected chi connectivity index (χ3v) is 7.86. The largest absolute Gasteiger partial charge is 0.505 e. The molecule has 0 aromatic rings. The molecule has 0 spiro atoms. The molecule has 4 aliphatic carbocycles. The third kappa shape index (κ3) is 61.2. The maximum Gasteiger partial charge on any atom is 0.0844 e. The van der Waals surface area contributed by atoms with Crippen molar-refractivity contribution in [1.29, 1.82) is 0 Å². The van der Waals surface area contributed by atoms with E-state index in [0.717, 1.165) is 18.4 Å². The van der Waals surface area contributed by atoms with Crippen molar-refractivity contribution >= 4 is 0 Å². The first-order valence-electron chi connectivity index (χ1n) is 17.7. The molecule has 0 amide bonds. The highest BCUT2D eigenvalue weighted by Crippen LogP contribution is 2.45. The molecule has 4 saturated carbocycles. The summed E-state index contributed by atoms with van der Waals surface area (Å²) in [5.41, 5.74) is 0. The fourth-order valence-electron chi connectivity index (χ4n) is 5.19. The molecule has 0 saturated heterocycles. The zero-order chi connectivity index (χ0) is 39.1. The normalized spacial score (nSPS) is 17.6. The van der Waals surface area contributed by atoms with E-state index in [2.05, 4.69) is 67.9 Å². The number of rotatable bonds is 10. The monoisotopic (exact) mass is 781 g/mol. The SMILES string of the molecule is C.C.C.C.C=COC.C=COC.C=COC.C=COC.C=COC.C=COCC.COC1CC2CCC1C2.COC1CCCCC1.COC1CCCCC1. The predicted molar refractivity (Wildman–Crippen MR) is 239 cm³/mol. The predicted octanol–water partition coefficient (Wildman–Crippen LogP) is 13.3. The van der Waals surface area contributed by atoms with Gasteiger partial charge in [0, 0.05) is 21.3 Å². The van der Waals surface area contributed by atoms with Gasteiger partial charge in [-0.3, -0.25) is 0 Å². The smallest absolute Gasteiger partial charge is 0.0844 e. The van der Waals surface area contributed by atoms with Crippen LogP contribution in [-0.2, 0) is 42.6 Å². The van der Waals surface area contributed by atoms with E-state index in [1.165, 1.54) is 127 Å². The molecule has 4 rings (SSSR count). The summed E-state index contributed by atoms with van der Waals surface area (Å²) in [4.78, 5) is 0. The van der Waals surface area contributed by atoms with E-state index in [1.807, 2.05) is 28.3 Å². The van der Waals surface area contributed by atoms with Crippen molar-refractivity contribution in [3.8, 4) is 0 Å². The van der Waals surface area contributed by atoms with Crippen molar-refractivity contribution in [2.24, 2.45) is 11.8 Å². The van der Waals surface area contributed by atoms with E-state index in [1.54, 1.807) is 35.5 Å². The summed E-state index contributed by atoms with van der Waals surface area (Å²) in [5.74, 6) is 1.96. The number of methoxy groups -OCH3 is 8. The van der Waals surface area contributed by atoms with E-state index < -0.39 is 0 Å². The molecule has 9 heteroatoms. The topological polar surface area (TPSA) is 83.1 Å². The molecule has 3 unspecified atom stereocenters. The number of hydrogen-bond donors (Lipinski definition) is 0. The minimum Gasteiger partial charge on any atom is -0.505 e. The zero-order valence-corrected chi connectivity index (χ0v) is 33.9. The molecule has 330 valence electrons. The summed E-state index contributed by atoms with van der Waals surface area (Å²) in [6.45, 7) is 22.3. The second-order valence-electron chi connectivity index (χ2n) is 11.1. The first-order valence-corrected chi connectivity index (χ1v) is 17.7. The van der Waals surface area contributed by atoms with Crippen molar-refractivity contribution in [3.05, 3.63) is 77.0 Å². The summed E-state index contributed by atoms with van der Waals surface area (Å²) in [6, 6.07) is 0. The average molecular weight is 781 g/mol. The van der Waals surface area contributed by atoms with Gasteiger partial charge in [-0.1, -0.05) is 108 Å². The lowest BCUT2D eigenvalue weighted by Gasteiger charge is -2.19. The van der Waals surface area contributed by atoms with Crippen LogP contribution in [0.3, 0.4) is 0 Å². The van der Waals surface area contributed by atoms with Crippen molar-refractivity contribution in [2.45, 2.75) is 145 Å². The van der Waals surface area contributed by atoms with Gasteiger partial charge in [-0.15, -0.1) is 0 Å². The van der Waals surface area contributed by atoms with Crippen LogP contribution >= 0.6 is 0 Å². The Labute approximate surface area is 339 Å². The second-order valence-corrected chi connectivity index (χ2v) is 11.1. The lowest BCUT2D eigenvalue weighted by atomic mass is 9.98. The molecule has 0 aliphatic heterocycles. The Hall–Kier alpha value is -2.88. The molecule has 4 fully saturated rings.